The van der Waals surface area contributed by atoms with Gasteiger partial charge in [-0.1, -0.05) is 36.4 Å². The largest absolute Gasteiger partial charge is 0.457 e. The van der Waals surface area contributed by atoms with E-state index >= 15 is 0 Å². The van der Waals surface area contributed by atoms with E-state index in [1.807, 2.05) is 53.1 Å². The number of fused-ring (bicyclic) bond motifs is 6. The van der Waals surface area contributed by atoms with Gasteiger partial charge in [0.25, 0.3) is 0 Å². The molecule has 0 spiro atoms. The summed E-state index contributed by atoms with van der Waals surface area (Å²) in [5.41, 5.74) is 7.46. The number of hydrogen-bond donors (Lipinski definition) is 0. The van der Waals surface area contributed by atoms with Crippen molar-refractivity contribution in [3.63, 3.8) is 0 Å². The zero-order valence-corrected chi connectivity index (χ0v) is 23.2. The van der Waals surface area contributed by atoms with Crippen LogP contribution in [0.4, 0.5) is 11.4 Å². The van der Waals surface area contributed by atoms with Crippen LogP contribution in [-0.2, 0) is 6.67 Å². The van der Waals surface area contributed by atoms with Gasteiger partial charge in [-0.05, 0) is 80.9 Å². The smallest absolute Gasteiger partial charge is 0.144 e. The number of ether oxygens (including phenoxy) is 1. The summed E-state index contributed by atoms with van der Waals surface area (Å²) in [7, 11) is 0. The summed E-state index contributed by atoms with van der Waals surface area (Å²) in [6.45, 7) is 2.58. The Bertz CT molecular complexity index is 2270. The molecule has 4 heterocycles. The van der Waals surface area contributed by atoms with Gasteiger partial charge in [-0.2, -0.15) is 0 Å². The fraction of sp³-hybridized carbons (Fsp3) is 0.111. The molecule has 0 fully saturated rings. The zero-order valence-electron chi connectivity index (χ0n) is 26.2. The highest BCUT2D eigenvalue weighted by atomic mass is 16.5. The van der Waals surface area contributed by atoms with Crippen LogP contribution in [0.15, 0.2) is 109 Å². The predicted octanol–water partition coefficient (Wildman–Crippen LogP) is 8.87. The predicted molar refractivity (Wildman–Crippen MR) is 169 cm³/mol. The normalized spacial score (nSPS) is 13.9. The lowest BCUT2D eigenvalue weighted by atomic mass is 10.1. The summed E-state index contributed by atoms with van der Waals surface area (Å²) in [6, 6.07) is 33.7. The van der Waals surface area contributed by atoms with Crippen molar-refractivity contribution in [1.29, 1.82) is 0 Å². The van der Waals surface area contributed by atoms with Gasteiger partial charge in [-0.15, -0.1) is 0 Å². The van der Waals surface area contributed by atoms with Crippen LogP contribution in [-0.4, -0.2) is 19.1 Å². The minimum absolute atomic E-state index is 0.245. The van der Waals surface area contributed by atoms with Gasteiger partial charge in [-0.3, -0.25) is 4.57 Å². The number of imidazole rings is 1. The van der Waals surface area contributed by atoms with Gasteiger partial charge in [0.2, 0.25) is 0 Å². The first-order chi connectivity index (χ1) is 21.8. The minimum atomic E-state index is -2.23. The summed E-state index contributed by atoms with van der Waals surface area (Å²) in [5.74, 6) is 2.91. The average molecular weight is 551 g/mol. The van der Waals surface area contributed by atoms with E-state index in [-0.39, 0.29) is 5.56 Å². The summed E-state index contributed by atoms with van der Waals surface area (Å²) in [5, 5.41) is 2.08. The number of aromatic nitrogens is 4. The summed E-state index contributed by atoms with van der Waals surface area (Å²) in [6.07, 6.45) is 1.55. The van der Waals surface area contributed by atoms with Crippen LogP contribution in [0.2, 0.25) is 0 Å². The minimum Gasteiger partial charge on any atom is -0.457 e. The van der Waals surface area contributed by atoms with Crippen molar-refractivity contribution in [1.82, 2.24) is 19.1 Å². The Morgan fingerprint density at radius 3 is 2.55 bits per heavy atom. The van der Waals surface area contributed by atoms with Crippen molar-refractivity contribution in [3.05, 3.63) is 126 Å². The highest BCUT2D eigenvalue weighted by Gasteiger charge is 2.26. The SMILES string of the molecule is [2H]C([2H])([2H])c1ccnc(-n2c3ccccc3c3ccc(Oc4cccc(N5Cn6c(nc(C)c6C)-c6ccccc65)c4)cc32)c1. The molecule has 204 valence electrons. The van der Waals surface area contributed by atoms with Crippen LogP contribution in [0, 0.1) is 20.7 Å². The Hall–Kier alpha value is -5.36. The van der Waals surface area contributed by atoms with Crippen LogP contribution in [0.3, 0.4) is 0 Å². The van der Waals surface area contributed by atoms with Gasteiger partial charge in [0.1, 0.15) is 29.8 Å². The first kappa shape index (κ1) is 21.4. The molecule has 0 saturated heterocycles. The van der Waals surface area contributed by atoms with Crippen molar-refractivity contribution in [2.75, 3.05) is 4.90 Å². The third-order valence-electron chi connectivity index (χ3n) is 8.16. The maximum absolute atomic E-state index is 7.93. The Kier molecular flexibility index (Phi) is 4.76. The van der Waals surface area contributed by atoms with Crippen LogP contribution in [0.25, 0.3) is 39.0 Å². The lowest BCUT2D eigenvalue weighted by Gasteiger charge is -2.33. The molecule has 1 aliphatic rings. The molecule has 1 aliphatic heterocycles. The second-order valence-electron chi connectivity index (χ2n) is 10.7. The monoisotopic (exact) mass is 550 g/mol. The van der Waals surface area contributed by atoms with Crippen LogP contribution in [0.5, 0.6) is 11.5 Å². The van der Waals surface area contributed by atoms with Crippen molar-refractivity contribution in [2.45, 2.75) is 27.4 Å². The second kappa shape index (κ2) is 9.35. The van der Waals surface area contributed by atoms with E-state index in [2.05, 4.69) is 70.8 Å². The lowest BCUT2D eigenvalue weighted by Crippen LogP contribution is -2.26. The van der Waals surface area contributed by atoms with E-state index in [0.29, 0.717) is 24.0 Å². The summed E-state index contributed by atoms with van der Waals surface area (Å²) >= 11 is 0. The molecule has 7 aromatic rings. The molecule has 0 atom stereocenters. The number of pyridine rings is 1. The maximum Gasteiger partial charge on any atom is 0.144 e. The molecule has 0 amide bonds. The van der Waals surface area contributed by atoms with E-state index in [1.165, 1.54) is 0 Å². The average Bonchev–Trinajstić information content (AvgIpc) is 3.53. The van der Waals surface area contributed by atoms with Crippen LogP contribution >= 0.6 is 0 Å². The molecule has 8 rings (SSSR count). The van der Waals surface area contributed by atoms with Crippen molar-refractivity contribution < 1.29 is 8.85 Å². The van der Waals surface area contributed by atoms with Crippen molar-refractivity contribution >= 4 is 33.2 Å². The highest BCUT2D eigenvalue weighted by Crippen LogP contribution is 2.42. The molecule has 42 heavy (non-hydrogen) atoms. The van der Waals surface area contributed by atoms with Crippen LogP contribution in [0.1, 0.15) is 21.1 Å². The molecule has 6 nitrogen and oxygen atoms in total. The van der Waals surface area contributed by atoms with Gasteiger partial charge in [0.15, 0.2) is 0 Å². The fourth-order valence-electron chi connectivity index (χ4n) is 6.02. The third-order valence-corrected chi connectivity index (χ3v) is 8.16. The molecule has 3 aromatic heterocycles. The van der Waals surface area contributed by atoms with Gasteiger partial charge < -0.3 is 14.2 Å². The molecule has 0 N–H and O–H groups in total. The molecule has 0 aliphatic carbocycles. The number of rotatable bonds is 4. The standard InChI is InChI=1S/C36H29N5O/c1-23-17-18-37-35(19-23)41-33-14-7-4-11-29(33)30-16-15-28(21-34(30)41)42-27-10-8-9-26(20-27)40-22-39-25(3)24(2)38-36(39)31-12-5-6-13-32(31)40/h4-21H,22H2,1-3H3/i1D3. The van der Waals surface area contributed by atoms with Crippen LogP contribution < -0.4 is 9.64 Å². The van der Waals surface area contributed by atoms with Gasteiger partial charge in [-0.25, -0.2) is 9.97 Å². The Balaban J connectivity index is 1.19. The topological polar surface area (TPSA) is 48.1 Å². The molecule has 0 unspecified atom stereocenters. The number of benzene rings is 4. The summed E-state index contributed by atoms with van der Waals surface area (Å²) in [4.78, 5) is 11.7. The van der Waals surface area contributed by atoms with E-state index in [0.717, 1.165) is 56.0 Å². The second-order valence-corrected chi connectivity index (χ2v) is 10.7. The number of aryl methyl sites for hydroxylation is 2. The first-order valence-corrected chi connectivity index (χ1v) is 13.9. The fourth-order valence-corrected chi connectivity index (χ4v) is 6.02. The molecular formula is C36H29N5O. The van der Waals surface area contributed by atoms with E-state index in [4.69, 9.17) is 13.8 Å². The van der Waals surface area contributed by atoms with Crippen molar-refractivity contribution in [2.24, 2.45) is 0 Å². The molecular weight excluding hydrogens is 518 g/mol. The van der Waals surface area contributed by atoms with Gasteiger partial charge in [0, 0.05) is 50.2 Å². The van der Waals surface area contributed by atoms with E-state index in [9.17, 15) is 0 Å². The Morgan fingerprint density at radius 2 is 1.62 bits per heavy atom. The van der Waals surface area contributed by atoms with E-state index < -0.39 is 6.85 Å². The number of anilines is 2. The Labute approximate surface area is 248 Å². The van der Waals surface area contributed by atoms with Gasteiger partial charge >= 0.3 is 0 Å². The number of para-hydroxylation sites is 2. The highest BCUT2D eigenvalue weighted by molar-refractivity contribution is 6.09. The molecule has 0 bridgehead atoms. The molecule has 4 aromatic carbocycles. The Morgan fingerprint density at radius 1 is 0.786 bits per heavy atom. The van der Waals surface area contributed by atoms with Crippen molar-refractivity contribution in [3.8, 4) is 28.7 Å². The zero-order chi connectivity index (χ0) is 30.9. The first-order valence-electron chi connectivity index (χ1n) is 15.4. The number of nitrogens with zero attached hydrogens (tertiary/aromatic N) is 5. The third kappa shape index (κ3) is 3.79. The molecule has 6 heteroatoms. The lowest BCUT2D eigenvalue weighted by molar-refractivity contribution is 0.483. The van der Waals surface area contributed by atoms with E-state index in [1.54, 1.807) is 18.3 Å². The summed E-state index contributed by atoms with van der Waals surface area (Å²) < 4.78 is 34.5. The molecule has 0 radical (unpaired) electrons. The molecule has 0 saturated carbocycles. The maximum atomic E-state index is 7.93. The number of hydrogen-bond acceptors (Lipinski definition) is 4. The van der Waals surface area contributed by atoms with Gasteiger partial charge in [0.05, 0.1) is 22.4 Å². The quantitative estimate of drug-likeness (QED) is 0.220.